The molecule has 118 valence electrons. The van der Waals surface area contributed by atoms with E-state index in [0.717, 1.165) is 24.2 Å². The third-order valence-electron chi connectivity index (χ3n) is 3.86. The van der Waals surface area contributed by atoms with Gasteiger partial charge in [0, 0.05) is 11.6 Å². The van der Waals surface area contributed by atoms with E-state index in [0.29, 0.717) is 17.7 Å². The van der Waals surface area contributed by atoms with Crippen LogP contribution < -0.4 is 5.32 Å². The van der Waals surface area contributed by atoms with Crippen molar-refractivity contribution in [3.8, 4) is 0 Å². The smallest absolute Gasteiger partial charge is 0.306 e. The van der Waals surface area contributed by atoms with E-state index in [1.54, 1.807) is 13.8 Å². The van der Waals surface area contributed by atoms with Crippen molar-refractivity contribution < 1.29 is 19.1 Å². The molecule has 1 rings (SSSR count). The normalized spacial score (nSPS) is 13.8. The highest BCUT2D eigenvalue weighted by Crippen LogP contribution is 2.20. The monoisotopic (exact) mass is 295 g/mol. The number of aliphatic carboxylic acids is 1. The summed E-state index contributed by atoms with van der Waals surface area (Å²) in [4.78, 5) is 23.0. The third kappa shape index (κ3) is 4.62. The molecule has 0 radical (unpaired) electrons. The molecule has 1 aromatic rings. The zero-order chi connectivity index (χ0) is 16.2. The summed E-state index contributed by atoms with van der Waals surface area (Å²) >= 11 is 0. The largest absolute Gasteiger partial charge is 0.481 e. The maximum Gasteiger partial charge on any atom is 0.306 e. The van der Waals surface area contributed by atoms with Crippen LogP contribution in [0.3, 0.4) is 0 Å². The number of carbonyl (C=O) groups excluding carboxylic acids is 1. The summed E-state index contributed by atoms with van der Waals surface area (Å²) in [6, 6.07) is 0.00695. The Balaban J connectivity index is 2.49. The minimum Gasteiger partial charge on any atom is -0.481 e. The number of hydrogen-bond donors (Lipinski definition) is 2. The molecule has 0 spiro atoms. The second-order valence-corrected chi connectivity index (χ2v) is 5.76. The molecule has 0 bridgehead atoms. The van der Waals surface area contributed by atoms with Gasteiger partial charge in [0.15, 0.2) is 0 Å². The molecule has 21 heavy (non-hydrogen) atoms. The van der Waals surface area contributed by atoms with E-state index in [9.17, 15) is 9.59 Å². The highest BCUT2D eigenvalue weighted by Gasteiger charge is 2.20. The first kappa shape index (κ1) is 17.3. The van der Waals surface area contributed by atoms with Crippen molar-refractivity contribution in [2.75, 3.05) is 0 Å². The first-order valence-corrected chi connectivity index (χ1v) is 7.34. The molecule has 2 unspecified atom stereocenters. The lowest BCUT2D eigenvalue weighted by molar-refractivity contribution is -0.141. The lowest BCUT2D eigenvalue weighted by atomic mass is 10.0. The van der Waals surface area contributed by atoms with Crippen LogP contribution in [0.15, 0.2) is 4.42 Å². The van der Waals surface area contributed by atoms with Crippen LogP contribution >= 0.6 is 0 Å². The molecule has 0 fully saturated rings. The number of rotatable bonds is 7. The standard InChI is InChI=1S/C16H25NO4/c1-9(16(19)20)7-6-8-10(2)17-15(18)14-11(3)12(4)21-13(14)5/h9-10H,6-8H2,1-5H3,(H,17,18)(H,19,20). The fourth-order valence-corrected chi connectivity index (χ4v) is 2.35. The molecule has 0 aliphatic rings. The maximum absolute atomic E-state index is 12.3. The summed E-state index contributed by atoms with van der Waals surface area (Å²) in [5.41, 5.74) is 1.48. The quantitative estimate of drug-likeness (QED) is 0.809. The molecule has 0 aliphatic heterocycles. The topological polar surface area (TPSA) is 79.5 Å². The van der Waals surface area contributed by atoms with Gasteiger partial charge in [0.2, 0.25) is 0 Å². The zero-order valence-corrected chi connectivity index (χ0v) is 13.4. The maximum atomic E-state index is 12.3. The van der Waals surface area contributed by atoms with Crippen LogP contribution in [0.1, 0.15) is 60.6 Å². The van der Waals surface area contributed by atoms with Gasteiger partial charge in [-0.1, -0.05) is 13.3 Å². The first-order chi connectivity index (χ1) is 9.73. The molecule has 0 aromatic carbocycles. The van der Waals surface area contributed by atoms with Gasteiger partial charge < -0.3 is 14.8 Å². The third-order valence-corrected chi connectivity index (χ3v) is 3.86. The summed E-state index contributed by atoms with van der Waals surface area (Å²) in [7, 11) is 0. The zero-order valence-electron chi connectivity index (χ0n) is 13.4. The lowest BCUT2D eigenvalue weighted by Crippen LogP contribution is -2.33. The second-order valence-electron chi connectivity index (χ2n) is 5.76. The van der Waals surface area contributed by atoms with Crippen molar-refractivity contribution in [2.24, 2.45) is 5.92 Å². The predicted octanol–water partition coefficient (Wildman–Crippen LogP) is 3.21. The fraction of sp³-hybridized carbons (Fsp3) is 0.625. The van der Waals surface area contributed by atoms with Crippen LogP contribution in [-0.4, -0.2) is 23.0 Å². The molecule has 1 amide bonds. The highest BCUT2D eigenvalue weighted by atomic mass is 16.4. The van der Waals surface area contributed by atoms with Gasteiger partial charge in [-0.25, -0.2) is 0 Å². The molecule has 2 atom stereocenters. The van der Waals surface area contributed by atoms with Crippen LogP contribution in [0, 0.1) is 26.7 Å². The SMILES string of the molecule is Cc1oc(C)c(C(=O)NC(C)CCCC(C)C(=O)O)c1C. The van der Waals surface area contributed by atoms with Crippen molar-refractivity contribution in [1.29, 1.82) is 0 Å². The number of amides is 1. The Kier molecular flexibility index (Phi) is 6.00. The number of carboxylic acids is 1. The molecule has 5 heteroatoms. The molecule has 5 nitrogen and oxygen atoms in total. The van der Waals surface area contributed by atoms with Gasteiger partial charge in [-0.2, -0.15) is 0 Å². The van der Waals surface area contributed by atoms with E-state index in [1.165, 1.54) is 0 Å². The molecular weight excluding hydrogens is 270 g/mol. The molecule has 0 saturated carbocycles. The van der Waals surface area contributed by atoms with Gasteiger partial charge in [0.1, 0.15) is 11.5 Å². The number of nitrogens with one attached hydrogen (secondary N) is 1. The van der Waals surface area contributed by atoms with E-state index >= 15 is 0 Å². The van der Waals surface area contributed by atoms with E-state index < -0.39 is 5.97 Å². The Morgan fingerprint density at radius 2 is 1.76 bits per heavy atom. The number of aryl methyl sites for hydroxylation is 2. The van der Waals surface area contributed by atoms with Crippen LogP contribution in [0.4, 0.5) is 0 Å². The molecule has 1 heterocycles. The van der Waals surface area contributed by atoms with E-state index in [1.807, 2.05) is 20.8 Å². The van der Waals surface area contributed by atoms with Gasteiger partial charge in [0.05, 0.1) is 11.5 Å². The average molecular weight is 295 g/mol. The molecule has 0 saturated heterocycles. The summed E-state index contributed by atoms with van der Waals surface area (Å²) in [6.45, 7) is 9.14. The Morgan fingerprint density at radius 1 is 1.14 bits per heavy atom. The Hall–Kier alpha value is -1.78. The summed E-state index contributed by atoms with van der Waals surface area (Å²) in [5.74, 6) is 0.163. The van der Waals surface area contributed by atoms with Crippen molar-refractivity contribution in [1.82, 2.24) is 5.32 Å². The molecule has 1 aromatic heterocycles. The van der Waals surface area contributed by atoms with Crippen LogP contribution in [0.5, 0.6) is 0 Å². The molecule has 2 N–H and O–H groups in total. The highest BCUT2D eigenvalue weighted by molar-refractivity contribution is 5.97. The predicted molar refractivity (Wildman–Crippen MR) is 80.5 cm³/mol. The number of furan rings is 1. The average Bonchev–Trinajstić information content (AvgIpc) is 2.62. The van der Waals surface area contributed by atoms with Gasteiger partial charge in [-0.05, 0) is 40.5 Å². The number of carbonyl (C=O) groups is 2. The number of hydrogen-bond acceptors (Lipinski definition) is 3. The van der Waals surface area contributed by atoms with Crippen molar-refractivity contribution in [3.05, 3.63) is 22.6 Å². The fourth-order valence-electron chi connectivity index (χ4n) is 2.35. The Morgan fingerprint density at radius 3 is 2.24 bits per heavy atom. The summed E-state index contributed by atoms with van der Waals surface area (Å²) in [6.07, 6.45) is 2.16. The molecule has 0 aliphatic carbocycles. The minimum absolute atomic E-state index is 0.00695. The Labute approximate surface area is 125 Å². The van der Waals surface area contributed by atoms with Gasteiger partial charge in [-0.15, -0.1) is 0 Å². The van der Waals surface area contributed by atoms with Gasteiger partial charge in [-0.3, -0.25) is 9.59 Å². The van der Waals surface area contributed by atoms with Crippen molar-refractivity contribution >= 4 is 11.9 Å². The summed E-state index contributed by atoms with van der Waals surface area (Å²) in [5, 5.41) is 11.8. The first-order valence-electron chi connectivity index (χ1n) is 7.34. The second kappa shape index (κ2) is 7.29. The number of carboxylic acid groups (broad SMARTS) is 1. The van der Waals surface area contributed by atoms with Gasteiger partial charge >= 0.3 is 5.97 Å². The van der Waals surface area contributed by atoms with Gasteiger partial charge in [0.25, 0.3) is 5.91 Å². The Bertz CT molecular complexity index is 519. The van der Waals surface area contributed by atoms with Crippen molar-refractivity contribution in [2.45, 2.75) is 59.9 Å². The lowest BCUT2D eigenvalue weighted by Gasteiger charge is -2.14. The van der Waals surface area contributed by atoms with E-state index in [-0.39, 0.29) is 17.9 Å². The summed E-state index contributed by atoms with van der Waals surface area (Å²) < 4.78 is 5.46. The van der Waals surface area contributed by atoms with E-state index in [4.69, 9.17) is 9.52 Å². The van der Waals surface area contributed by atoms with Crippen molar-refractivity contribution in [3.63, 3.8) is 0 Å². The molecular formula is C16H25NO4. The van der Waals surface area contributed by atoms with Crippen LogP contribution in [-0.2, 0) is 4.79 Å². The minimum atomic E-state index is -0.771. The van der Waals surface area contributed by atoms with E-state index in [2.05, 4.69) is 5.32 Å². The van der Waals surface area contributed by atoms with Crippen LogP contribution in [0.2, 0.25) is 0 Å². The van der Waals surface area contributed by atoms with Crippen LogP contribution in [0.25, 0.3) is 0 Å².